The van der Waals surface area contributed by atoms with Crippen molar-refractivity contribution in [2.24, 2.45) is 0 Å². The normalized spacial score (nSPS) is 13.2. The number of carbonyl (C=O) groups is 2. The Kier molecular flexibility index (Phi) is 5.91. The highest BCUT2D eigenvalue weighted by Gasteiger charge is 2.31. The zero-order valence-electron chi connectivity index (χ0n) is 17.0. The topological polar surface area (TPSA) is 114 Å². The lowest BCUT2D eigenvalue weighted by Crippen LogP contribution is -2.11. The number of aryl methyl sites for hydroxylation is 1. The minimum absolute atomic E-state index is 0.0966. The molecular weight excluding hydrogens is 374 g/mol. The van der Waals surface area contributed by atoms with Gasteiger partial charge in [0, 0.05) is 29.3 Å². The minimum Gasteiger partial charge on any atom is -0.507 e. The number of phenolic OH excluding ortho intramolecular Hbond substituents is 1. The molecule has 2 aromatic rings. The summed E-state index contributed by atoms with van der Waals surface area (Å²) in [4.78, 5) is 24.0. The van der Waals surface area contributed by atoms with Gasteiger partial charge in [0.05, 0.1) is 7.11 Å². The molecule has 0 fully saturated rings. The molecule has 1 amide bonds. The van der Waals surface area contributed by atoms with Gasteiger partial charge in [0.25, 0.3) is 0 Å². The highest BCUT2D eigenvalue weighted by Crippen LogP contribution is 2.42. The van der Waals surface area contributed by atoms with Crippen molar-refractivity contribution in [1.29, 1.82) is 0 Å². The molecule has 8 nitrogen and oxygen atoms in total. The lowest BCUT2D eigenvalue weighted by atomic mass is 9.94. The highest BCUT2D eigenvalue weighted by atomic mass is 16.5. The summed E-state index contributed by atoms with van der Waals surface area (Å²) in [5.41, 5.74) is 4.08. The molecule has 2 heterocycles. The number of ether oxygens (including phenoxy) is 2. The summed E-state index contributed by atoms with van der Waals surface area (Å²) in [6, 6.07) is 1.76. The molecule has 0 unspecified atom stereocenters. The Morgan fingerprint density at radius 1 is 1.41 bits per heavy atom. The lowest BCUT2D eigenvalue weighted by Gasteiger charge is -2.15. The van der Waals surface area contributed by atoms with E-state index in [1.54, 1.807) is 6.07 Å². The Balaban J connectivity index is 1.69. The van der Waals surface area contributed by atoms with Gasteiger partial charge in [-0.2, -0.15) is 5.10 Å². The molecule has 0 radical (unpaired) electrons. The number of H-pyrrole nitrogens is 1. The molecule has 154 valence electrons. The van der Waals surface area contributed by atoms with Crippen LogP contribution in [0.15, 0.2) is 17.7 Å². The monoisotopic (exact) mass is 399 g/mol. The maximum Gasteiger partial charge on any atom is 0.342 e. The van der Waals surface area contributed by atoms with Gasteiger partial charge in [-0.15, -0.1) is 0 Å². The van der Waals surface area contributed by atoms with E-state index in [0.717, 1.165) is 16.8 Å². The maximum atomic E-state index is 12.1. The predicted molar refractivity (Wildman–Crippen MR) is 107 cm³/mol. The summed E-state index contributed by atoms with van der Waals surface area (Å²) >= 11 is 0. The first kappa shape index (κ1) is 20.4. The van der Waals surface area contributed by atoms with E-state index in [9.17, 15) is 14.7 Å². The Bertz CT molecular complexity index is 991. The van der Waals surface area contributed by atoms with Crippen molar-refractivity contribution in [1.82, 2.24) is 10.2 Å². The number of aromatic hydroxyl groups is 1. The molecular formula is C21H25N3O5. The second-order valence-corrected chi connectivity index (χ2v) is 7.15. The minimum atomic E-state index is -0.518. The van der Waals surface area contributed by atoms with Gasteiger partial charge < -0.3 is 19.9 Å². The van der Waals surface area contributed by atoms with Crippen LogP contribution in [0.5, 0.6) is 11.5 Å². The second kappa shape index (κ2) is 8.38. The lowest BCUT2D eigenvalue weighted by molar-refractivity contribution is -0.116. The largest absolute Gasteiger partial charge is 0.507 e. The van der Waals surface area contributed by atoms with E-state index in [-0.39, 0.29) is 23.8 Å². The van der Waals surface area contributed by atoms with Crippen LogP contribution in [0.25, 0.3) is 0 Å². The number of benzene rings is 1. The number of aromatic nitrogens is 2. The number of fused-ring (bicyclic) bond motifs is 1. The molecule has 1 aliphatic rings. The fourth-order valence-corrected chi connectivity index (χ4v) is 3.40. The van der Waals surface area contributed by atoms with Gasteiger partial charge in [0.2, 0.25) is 5.91 Å². The number of phenols is 1. The summed E-state index contributed by atoms with van der Waals surface area (Å²) in [5, 5.41) is 20.1. The molecule has 3 rings (SSSR count). The number of amides is 1. The summed E-state index contributed by atoms with van der Waals surface area (Å²) < 4.78 is 10.5. The smallest absolute Gasteiger partial charge is 0.342 e. The Hall–Kier alpha value is -3.29. The first-order valence-electron chi connectivity index (χ1n) is 9.37. The van der Waals surface area contributed by atoms with Crippen LogP contribution in [0.4, 0.5) is 5.82 Å². The summed E-state index contributed by atoms with van der Waals surface area (Å²) in [6.45, 7) is 5.77. The van der Waals surface area contributed by atoms with Crippen LogP contribution in [0.2, 0.25) is 0 Å². The van der Waals surface area contributed by atoms with Gasteiger partial charge in [0.15, 0.2) is 5.82 Å². The Morgan fingerprint density at radius 2 is 2.17 bits per heavy atom. The molecule has 0 spiro atoms. The van der Waals surface area contributed by atoms with Crippen molar-refractivity contribution in [3.05, 3.63) is 45.7 Å². The zero-order valence-corrected chi connectivity index (χ0v) is 17.0. The Labute approximate surface area is 168 Å². The van der Waals surface area contributed by atoms with Crippen LogP contribution in [-0.4, -0.2) is 34.3 Å². The fourth-order valence-electron chi connectivity index (χ4n) is 3.40. The number of methoxy groups -OCH3 is 1. The van der Waals surface area contributed by atoms with E-state index in [4.69, 9.17) is 9.47 Å². The van der Waals surface area contributed by atoms with Gasteiger partial charge in [-0.1, -0.05) is 11.6 Å². The first-order valence-corrected chi connectivity index (χ1v) is 9.37. The number of nitrogens with one attached hydrogen (secondary N) is 2. The number of allylic oxidation sites excluding steroid dienone is 2. The molecule has 0 saturated carbocycles. The predicted octanol–water partition coefficient (Wildman–Crippen LogP) is 3.32. The van der Waals surface area contributed by atoms with Gasteiger partial charge in [-0.25, -0.2) is 4.79 Å². The van der Waals surface area contributed by atoms with Crippen LogP contribution < -0.4 is 10.1 Å². The number of nitrogens with zero attached hydrogens (tertiary/aromatic N) is 1. The maximum absolute atomic E-state index is 12.1. The quantitative estimate of drug-likeness (QED) is 0.486. The Morgan fingerprint density at radius 3 is 2.83 bits per heavy atom. The summed E-state index contributed by atoms with van der Waals surface area (Å²) in [5.74, 6) is 0.316. The van der Waals surface area contributed by atoms with Crippen molar-refractivity contribution in [3.8, 4) is 11.5 Å². The number of rotatable bonds is 7. The molecule has 0 atom stereocenters. The van der Waals surface area contributed by atoms with Crippen molar-refractivity contribution in [2.45, 2.75) is 46.6 Å². The molecule has 8 heteroatoms. The average Bonchev–Trinajstić information content (AvgIpc) is 3.27. The highest BCUT2D eigenvalue weighted by molar-refractivity contribution is 5.98. The SMILES string of the molecule is COc1c(C)c2c(c(O)c1C/C=C(\C)CCC(=O)Nc1cc(C)[nH]n1)C(=O)OC2. The van der Waals surface area contributed by atoms with Crippen molar-refractivity contribution in [2.75, 3.05) is 12.4 Å². The van der Waals surface area contributed by atoms with Crippen LogP contribution in [0.3, 0.4) is 0 Å². The van der Waals surface area contributed by atoms with Crippen LogP contribution >= 0.6 is 0 Å². The molecule has 0 saturated heterocycles. The van der Waals surface area contributed by atoms with E-state index in [1.807, 2.05) is 26.8 Å². The van der Waals surface area contributed by atoms with Crippen LogP contribution in [0, 0.1) is 13.8 Å². The third-order valence-electron chi connectivity index (χ3n) is 5.02. The number of hydrogen-bond acceptors (Lipinski definition) is 6. The summed E-state index contributed by atoms with van der Waals surface area (Å²) in [7, 11) is 1.53. The van der Waals surface area contributed by atoms with E-state index in [0.29, 0.717) is 42.0 Å². The van der Waals surface area contributed by atoms with Gasteiger partial charge >= 0.3 is 5.97 Å². The van der Waals surface area contributed by atoms with Crippen LogP contribution in [0.1, 0.15) is 52.5 Å². The standard InChI is InChI=1S/C21H25N3O5/c1-11(6-8-17(25)22-16-9-12(2)23-24-16)5-7-14-19(26)18-15(10-29-21(18)27)13(3)20(14)28-4/h5,9,26H,6-8,10H2,1-4H3,(H2,22,23,24,25)/b11-5+. The molecule has 1 aromatic carbocycles. The molecule has 0 aliphatic carbocycles. The third kappa shape index (κ3) is 4.26. The van der Waals surface area contributed by atoms with E-state index < -0.39 is 5.97 Å². The molecule has 29 heavy (non-hydrogen) atoms. The van der Waals surface area contributed by atoms with Crippen LogP contribution in [-0.2, 0) is 22.6 Å². The first-order chi connectivity index (χ1) is 13.8. The fraction of sp³-hybridized carbons (Fsp3) is 0.381. The number of esters is 1. The van der Waals surface area contributed by atoms with Crippen molar-refractivity contribution in [3.63, 3.8) is 0 Å². The van der Waals surface area contributed by atoms with Crippen molar-refractivity contribution >= 4 is 17.7 Å². The van der Waals surface area contributed by atoms with Gasteiger partial charge in [-0.3, -0.25) is 9.89 Å². The number of hydrogen-bond donors (Lipinski definition) is 3. The summed E-state index contributed by atoms with van der Waals surface area (Å²) in [6.07, 6.45) is 3.18. The zero-order chi connectivity index (χ0) is 21.1. The second-order valence-electron chi connectivity index (χ2n) is 7.15. The third-order valence-corrected chi connectivity index (χ3v) is 5.02. The molecule has 1 aliphatic heterocycles. The number of carbonyl (C=O) groups excluding carboxylic acids is 2. The molecule has 1 aromatic heterocycles. The van der Waals surface area contributed by atoms with Crippen molar-refractivity contribution < 1.29 is 24.2 Å². The van der Waals surface area contributed by atoms with E-state index in [1.165, 1.54) is 7.11 Å². The van der Waals surface area contributed by atoms with Gasteiger partial charge in [-0.05, 0) is 39.2 Å². The number of anilines is 1. The van der Waals surface area contributed by atoms with Gasteiger partial charge in [0.1, 0.15) is 23.7 Å². The van der Waals surface area contributed by atoms with E-state index >= 15 is 0 Å². The van der Waals surface area contributed by atoms with E-state index in [2.05, 4.69) is 15.5 Å². The number of aromatic amines is 1. The average molecular weight is 399 g/mol. The molecule has 0 bridgehead atoms. The molecule has 3 N–H and O–H groups in total. The number of cyclic esters (lactones) is 1.